The van der Waals surface area contributed by atoms with Crippen molar-refractivity contribution in [1.82, 2.24) is 14.5 Å². The van der Waals surface area contributed by atoms with Crippen LogP contribution >= 0.6 is 0 Å². The van der Waals surface area contributed by atoms with Gasteiger partial charge in [0.2, 0.25) is 0 Å². The predicted octanol–water partition coefficient (Wildman–Crippen LogP) is 15.5. The predicted molar refractivity (Wildman–Crippen MR) is 272 cm³/mol. The highest BCUT2D eigenvalue weighted by atomic mass is 15.0. The lowest BCUT2D eigenvalue weighted by molar-refractivity contribution is -0.0399. The van der Waals surface area contributed by atoms with Gasteiger partial charge in [-0.3, -0.25) is 4.98 Å². The highest BCUT2D eigenvalue weighted by Gasteiger charge is 2.61. The van der Waals surface area contributed by atoms with Gasteiger partial charge in [0.1, 0.15) is 0 Å². The smallest absolute Gasteiger partial charge is 0.0991 e. The van der Waals surface area contributed by atoms with E-state index in [9.17, 15) is 5.26 Å². The van der Waals surface area contributed by atoms with E-state index in [0.717, 1.165) is 56.7 Å². The summed E-state index contributed by atoms with van der Waals surface area (Å²) in [6.45, 7) is 0. The van der Waals surface area contributed by atoms with E-state index < -0.39 is 0 Å². The Morgan fingerprint density at radius 2 is 1.04 bits per heavy atom. The van der Waals surface area contributed by atoms with E-state index >= 15 is 0 Å². The Labute approximate surface area is 390 Å². The molecule has 3 heterocycles. The van der Waals surface area contributed by atoms with Gasteiger partial charge in [0.05, 0.1) is 34.1 Å². The molecule has 0 unspecified atom stereocenters. The summed E-state index contributed by atoms with van der Waals surface area (Å²) < 4.78 is 2.45. The van der Waals surface area contributed by atoms with Crippen LogP contribution in [0, 0.1) is 35.0 Å². The fourth-order valence-electron chi connectivity index (χ4n) is 13.8. The largest absolute Gasteiger partial charge is 0.309 e. The number of benzene rings is 7. The number of hydrogen-bond donors (Lipinski definition) is 0. The van der Waals surface area contributed by atoms with Gasteiger partial charge in [-0.05, 0) is 178 Å². The second-order valence-electron chi connectivity index (χ2n) is 19.7. The summed E-state index contributed by atoms with van der Waals surface area (Å²) in [6.07, 6.45) is 10.5. The average Bonchev–Trinajstić information content (AvgIpc) is 3.88. The van der Waals surface area contributed by atoms with E-state index in [-0.39, 0.29) is 5.41 Å². The molecule has 5 aliphatic carbocycles. The molecular weight excluding hydrogens is 813 g/mol. The summed E-state index contributed by atoms with van der Waals surface area (Å²) in [5.74, 6) is 3.10. The van der Waals surface area contributed by atoms with Crippen molar-refractivity contribution in [2.75, 3.05) is 0 Å². The molecule has 10 aromatic rings. The minimum atomic E-state index is 0.0519. The van der Waals surface area contributed by atoms with Crippen molar-refractivity contribution in [3.8, 4) is 78.8 Å². The molecule has 5 aliphatic rings. The van der Waals surface area contributed by atoms with Gasteiger partial charge in [-0.2, -0.15) is 5.26 Å². The second-order valence-corrected chi connectivity index (χ2v) is 19.7. The third kappa shape index (κ3) is 5.84. The molecule has 1 spiro atoms. The van der Waals surface area contributed by atoms with Gasteiger partial charge < -0.3 is 4.57 Å². The molecule has 7 aromatic carbocycles. The SMILES string of the molecule is N#Cc1ccc(-c2cccc3c2-c2cc(-c4ccc5c6ccc(-c7cc(-c8ccccc8)nc(-c8ccncc8)c7)cc6n(-c6ccccc6)c5c4)ccc2C32C3CC4CC(C3)CC2C4)cc1. The first kappa shape index (κ1) is 38.4. The van der Waals surface area contributed by atoms with Crippen LogP contribution in [0.4, 0.5) is 0 Å². The Bertz CT molecular complexity index is 3550. The van der Waals surface area contributed by atoms with Gasteiger partial charge in [0.15, 0.2) is 0 Å². The minimum Gasteiger partial charge on any atom is -0.309 e. The number of para-hydroxylation sites is 1. The number of aromatic nitrogens is 3. The lowest BCUT2D eigenvalue weighted by atomic mass is 9.43. The topological polar surface area (TPSA) is 54.5 Å². The number of hydrogen-bond acceptors (Lipinski definition) is 3. The minimum absolute atomic E-state index is 0.0519. The van der Waals surface area contributed by atoms with E-state index in [1.165, 1.54) is 81.8 Å². The zero-order chi connectivity index (χ0) is 44.2. The van der Waals surface area contributed by atoms with Crippen molar-refractivity contribution in [2.24, 2.45) is 23.7 Å². The summed E-state index contributed by atoms with van der Waals surface area (Å²) in [7, 11) is 0. The van der Waals surface area contributed by atoms with E-state index in [4.69, 9.17) is 4.98 Å². The van der Waals surface area contributed by atoms with Crippen molar-refractivity contribution < 1.29 is 0 Å². The maximum absolute atomic E-state index is 9.69. The van der Waals surface area contributed by atoms with Crippen molar-refractivity contribution in [1.29, 1.82) is 5.26 Å². The fraction of sp³-hybridized carbons (Fsp3) is 0.159. The average molecular weight is 859 g/mol. The van der Waals surface area contributed by atoms with Gasteiger partial charge >= 0.3 is 0 Å². The lowest BCUT2D eigenvalue weighted by Crippen LogP contribution is -2.55. The van der Waals surface area contributed by atoms with Crippen LogP contribution in [0.2, 0.25) is 0 Å². The Kier molecular flexibility index (Phi) is 8.50. The highest BCUT2D eigenvalue weighted by molar-refractivity contribution is 6.11. The summed E-state index contributed by atoms with van der Waals surface area (Å²) in [4.78, 5) is 9.45. The van der Waals surface area contributed by atoms with Gasteiger partial charge in [0, 0.05) is 45.4 Å². The van der Waals surface area contributed by atoms with Crippen LogP contribution in [0.1, 0.15) is 48.8 Å². The molecule has 0 radical (unpaired) electrons. The van der Waals surface area contributed by atoms with Crippen molar-refractivity contribution in [3.63, 3.8) is 0 Å². The third-order valence-electron chi connectivity index (χ3n) is 16.3. The van der Waals surface area contributed by atoms with Gasteiger partial charge in [0.25, 0.3) is 0 Å². The Balaban J connectivity index is 0.947. The molecule has 67 heavy (non-hydrogen) atoms. The number of nitrogens with zero attached hydrogens (tertiary/aromatic N) is 4. The molecular formula is C63H46N4. The zero-order valence-electron chi connectivity index (χ0n) is 37.1. The van der Waals surface area contributed by atoms with Gasteiger partial charge in [-0.1, -0.05) is 115 Å². The molecule has 4 heteroatoms. The first-order valence-electron chi connectivity index (χ1n) is 24.0. The molecule has 15 rings (SSSR count). The highest BCUT2D eigenvalue weighted by Crippen LogP contribution is 2.70. The maximum Gasteiger partial charge on any atom is 0.0991 e. The van der Waals surface area contributed by atoms with E-state index in [2.05, 4.69) is 173 Å². The third-order valence-corrected chi connectivity index (χ3v) is 16.3. The first-order valence-corrected chi connectivity index (χ1v) is 24.0. The van der Waals surface area contributed by atoms with Crippen LogP contribution in [-0.4, -0.2) is 14.5 Å². The molecule has 4 saturated carbocycles. The van der Waals surface area contributed by atoms with Crippen LogP contribution < -0.4 is 0 Å². The zero-order valence-corrected chi connectivity index (χ0v) is 37.1. The van der Waals surface area contributed by atoms with Crippen LogP contribution in [-0.2, 0) is 5.41 Å². The molecule has 0 N–H and O–H groups in total. The lowest BCUT2D eigenvalue weighted by Gasteiger charge is -2.61. The maximum atomic E-state index is 9.69. The molecule has 318 valence electrons. The standard InChI is InChI=1S/C63H46N4/c64-38-39-14-16-42(17-15-39)52-12-7-13-57-62(52)55-33-45(20-23-56(55)63(57)49-29-40-28-41(31-49)32-50(63)30-40)46-18-21-53-54-22-19-47(37-61(54)67(60(53)36-46)51-10-5-2-6-11-51)48-34-58(43-8-3-1-4-9-43)66-59(35-48)44-24-26-65-27-25-44/h1-27,33-37,40-41,49-50H,28-32H2. The monoisotopic (exact) mass is 858 g/mol. The molecule has 4 nitrogen and oxygen atoms in total. The quantitative estimate of drug-likeness (QED) is 0.167. The van der Waals surface area contributed by atoms with Crippen molar-refractivity contribution in [3.05, 3.63) is 211 Å². The molecule has 3 aromatic heterocycles. The molecule has 4 fully saturated rings. The summed E-state index contributed by atoms with van der Waals surface area (Å²) in [6, 6.07) is 69.0. The van der Waals surface area contributed by atoms with Gasteiger partial charge in [-0.25, -0.2) is 4.98 Å². The Morgan fingerprint density at radius 3 is 1.70 bits per heavy atom. The first-order chi connectivity index (χ1) is 33.1. The second kappa shape index (κ2) is 14.8. The summed E-state index contributed by atoms with van der Waals surface area (Å²) in [5, 5.41) is 12.1. The molecule has 0 amide bonds. The number of nitriles is 1. The Morgan fingerprint density at radius 1 is 0.463 bits per heavy atom. The van der Waals surface area contributed by atoms with Crippen LogP contribution in [0.5, 0.6) is 0 Å². The van der Waals surface area contributed by atoms with E-state index in [1.807, 2.05) is 36.7 Å². The van der Waals surface area contributed by atoms with Crippen molar-refractivity contribution >= 4 is 21.8 Å². The normalized spacial score (nSPS) is 20.9. The van der Waals surface area contributed by atoms with Crippen LogP contribution in [0.15, 0.2) is 194 Å². The summed E-state index contributed by atoms with van der Waals surface area (Å²) >= 11 is 0. The fourth-order valence-corrected chi connectivity index (χ4v) is 13.8. The summed E-state index contributed by atoms with van der Waals surface area (Å²) in [5.41, 5.74) is 21.3. The van der Waals surface area contributed by atoms with Crippen LogP contribution in [0.25, 0.3) is 94.5 Å². The Hall–Kier alpha value is -7.87. The van der Waals surface area contributed by atoms with E-state index in [0.29, 0.717) is 17.4 Å². The number of rotatable bonds is 6. The van der Waals surface area contributed by atoms with Crippen LogP contribution in [0.3, 0.4) is 0 Å². The van der Waals surface area contributed by atoms with Crippen molar-refractivity contribution in [2.45, 2.75) is 37.5 Å². The van der Waals surface area contributed by atoms with E-state index in [1.54, 1.807) is 11.1 Å². The number of pyridine rings is 2. The van der Waals surface area contributed by atoms with Gasteiger partial charge in [-0.15, -0.1) is 0 Å². The molecule has 0 atom stereocenters. The molecule has 0 saturated heterocycles. The molecule has 4 bridgehead atoms. The number of fused-ring (bicyclic) bond motifs is 6. The molecule has 0 aliphatic heterocycles.